The highest BCUT2D eigenvalue weighted by atomic mass is 32.2. The molecule has 1 saturated heterocycles. The van der Waals surface area contributed by atoms with Crippen molar-refractivity contribution in [1.82, 2.24) is 15.1 Å². The number of amides is 1. The van der Waals surface area contributed by atoms with Crippen LogP contribution in [0.15, 0.2) is 5.70 Å². The number of nitrogens with two attached hydrogens (primary N) is 1. The zero-order valence-corrected chi connectivity index (χ0v) is 12.9. The van der Waals surface area contributed by atoms with Gasteiger partial charge in [0.1, 0.15) is 22.1 Å². The van der Waals surface area contributed by atoms with Gasteiger partial charge in [-0.3, -0.25) is 9.69 Å². The molecule has 0 bridgehead atoms. The van der Waals surface area contributed by atoms with Gasteiger partial charge in [0.2, 0.25) is 11.0 Å². The molecule has 0 aliphatic carbocycles. The molecular weight excluding hydrogens is 314 g/mol. The Morgan fingerprint density at radius 2 is 2.19 bits per heavy atom. The summed E-state index contributed by atoms with van der Waals surface area (Å²) in [5.41, 5.74) is 6.21. The van der Waals surface area contributed by atoms with Gasteiger partial charge in [-0.1, -0.05) is 11.3 Å². The van der Waals surface area contributed by atoms with Crippen LogP contribution in [0.1, 0.15) is 5.01 Å². The van der Waals surface area contributed by atoms with Crippen LogP contribution < -0.4 is 10.6 Å². The number of β-lactam (4-membered cyclic amide) rings is 1. The van der Waals surface area contributed by atoms with Gasteiger partial charge >= 0.3 is 5.97 Å². The Bertz CT molecular complexity index is 656. The number of carbonyl (C=O) groups is 2. The van der Waals surface area contributed by atoms with Crippen LogP contribution >= 0.6 is 23.1 Å². The first kappa shape index (κ1) is 14.3. The molecular formula is C11H13N5O3S2. The van der Waals surface area contributed by atoms with E-state index in [4.69, 9.17) is 5.73 Å². The molecule has 3 N–H and O–H groups in total. The third kappa shape index (κ3) is 2.10. The van der Waals surface area contributed by atoms with Gasteiger partial charge in [-0.25, -0.2) is 4.79 Å². The van der Waals surface area contributed by atoms with Gasteiger partial charge in [-0.15, -0.1) is 22.0 Å². The topological polar surface area (TPSA) is 113 Å². The van der Waals surface area contributed by atoms with Gasteiger partial charge < -0.3 is 15.7 Å². The minimum Gasteiger partial charge on any atom is -0.477 e. The van der Waals surface area contributed by atoms with Crippen molar-refractivity contribution in [3.63, 3.8) is 0 Å². The van der Waals surface area contributed by atoms with Gasteiger partial charge in [0.15, 0.2) is 0 Å². The van der Waals surface area contributed by atoms with E-state index < -0.39 is 12.0 Å². The van der Waals surface area contributed by atoms with Crippen LogP contribution in [0.4, 0.5) is 5.13 Å². The van der Waals surface area contributed by atoms with E-state index in [2.05, 4.69) is 10.2 Å². The Kier molecular flexibility index (Phi) is 3.38. The molecule has 1 aromatic rings. The average molecular weight is 327 g/mol. The number of aliphatic carboxylic acids is 1. The smallest absolute Gasteiger partial charge is 0.353 e. The second-order valence-corrected chi connectivity index (χ2v) is 6.91. The number of carboxylic acid groups (broad SMARTS) is 1. The van der Waals surface area contributed by atoms with Crippen molar-refractivity contribution in [2.45, 2.75) is 11.4 Å². The maximum atomic E-state index is 11.9. The van der Waals surface area contributed by atoms with Gasteiger partial charge in [-0.2, -0.15) is 0 Å². The fourth-order valence-electron chi connectivity index (χ4n) is 2.20. The maximum absolute atomic E-state index is 11.9. The number of anilines is 1. The Morgan fingerprint density at radius 3 is 2.76 bits per heavy atom. The monoisotopic (exact) mass is 327 g/mol. The molecule has 0 saturated carbocycles. The molecule has 1 fully saturated rings. The molecule has 0 aromatic carbocycles. The van der Waals surface area contributed by atoms with Crippen molar-refractivity contribution in [1.29, 1.82) is 0 Å². The molecule has 21 heavy (non-hydrogen) atoms. The third-order valence-corrected chi connectivity index (χ3v) is 5.72. The van der Waals surface area contributed by atoms with Crippen LogP contribution in [-0.2, 0) is 9.59 Å². The molecule has 2 aliphatic rings. The Morgan fingerprint density at radius 1 is 1.48 bits per heavy atom. The van der Waals surface area contributed by atoms with E-state index in [0.717, 1.165) is 0 Å². The highest BCUT2D eigenvalue weighted by molar-refractivity contribution is 8.00. The standard InChI is InChI=1S/C11H13N5O3S2/c1-15(2)11-14-13-7(21-11)4-3-20-9-5(12)8(17)16(9)6(4)10(18)19/h5,9H,3,12H2,1-2H3,(H,18,19)/t5?,9-/m1/s1. The van der Waals surface area contributed by atoms with E-state index in [-0.39, 0.29) is 17.0 Å². The summed E-state index contributed by atoms with van der Waals surface area (Å²) in [5, 5.41) is 18.4. The van der Waals surface area contributed by atoms with Crippen molar-refractivity contribution in [2.24, 2.45) is 5.73 Å². The second-order valence-electron chi connectivity index (χ2n) is 4.85. The van der Waals surface area contributed by atoms with Gasteiger partial charge in [0.25, 0.3) is 0 Å². The van der Waals surface area contributed by atoms with Crippen molar-refractivity contribution in [3.8, 4) is 0 Å². The number of nitrogens with zero attached hydrogens (tertiary/aromatic N) is 4. The highest BCUT2D eigenvalue weighted by Crippen LogP contribution is 2.43. The number of rotatable bonds is 3. The number of carbonyl (C=O) groups excluding carboxylic acids is 1. The average Bonchev–Trinajstić information content (AvgIpc) is 2.94. The molecule has 2 atom stereocenters. The second kappa shape index (κ2) is 4.97. The summed E-state index contributed by atoms with van der Waals surface area (Å²) in [5.74, 6) is -1.05. The first-order valence-electron chi connectivity index (χ1n) is 6.09. The van der Waals surface area contributed by atoms with Crippen LogP contribution in [0.5, 0.6) is 0 Å². The lowest BCUT2D eigenvalue weighted by Gasteiger charge is -2.47. The fraction of sp³-hybridized carbons (Fsp3) is 0.455. The summed E-state index contributed by atoms with van der Waals surface area (Å²) in [6.45, 7) is 0. The zero-order valence-electron chi connectivity index (χ0n) is 11.3. The Balaban J connectivity index is 2.05. The molecule has 8 nitrogen and oxygen atoms in total. The Hall–Kier alpha value is -1.65. The lowest BCUT2D eigenvalue weighted by molar-refractivity contribution is -0.147. The Labute approximate surface area is 128 Å². The van der Waals surface area contributed by atoms with E-state index in [0.29, 0.717) is 21.5 Å². The van der Waals surface area contributed by atoms with E-state index in [1.54, 1.807) is 4.90 Å². The molecule has 10 heteroatoms. The normalized spacial score (nSPS) is 24.7. The lowest BCUT2D eigenvalue weighted by atomic mass is 10.0. The first-order chi connectivity index (χ1) is 9.91. The third-order valence-electron chi connectivity index (χ3n) is 3.27. The quantitative estimate of drug-likeness (QED) is 0.724. The SMILES string of the molecule is CN(C)c1nnc(C2=C(C(=O)O)N3C(=O)C(N)[C@H]3SC2)s1. The minimum absolute atomic E-state index is 0.0214. The van der Waals surface area contributed by atoms with Crippen LogP contribution in [0.25, 0.3) is 5.57 Å². The van der Waals surface area contributed by atoms with Crippen molar-refractivity contribution in [3.05, 3.63) is 10.7 Å². The minimum atomic E-state index is -1.14. The van der Waals surface area contributed by atoms with E-state index in [9.17, 15) is 14.7 Å². The predicted molar refractivity (Wildman–Crippen MR) is 79.9 cm³/mol. The van der Waals surface area contributed by atoms with E-state index >= 15 is 0 Å². The summed E-state index contributed by atoms with van der Waals surface area (Å²) in [7, 11) is 3.67. The van der Waals surface area contributed by atoms with Crippen LogP contribution in [0.3, 0.4) is 0 Å². The number of thioether (sulfide) groups is 1. The number of hydrogen-bond acceptors (Lipinski definition) is 8. The summed E-state index contributed by atoms with van der Waals surface area (Å²) in [6.07, 6.45) is 0. The first-order valence-corrected chi connectivity index (χ1v) is 7.96. The fourth-order valence-corrected chi connectivity index (χ4v) is 4.39. The van der Waals surface area contributed by atoms with E-state index in [1.807, 2.05) is 14.1 Å². The predicted octanol–water partition coefficient (Wildman–Crippen LogP) is -0.358. The summed E-state index contributed by atoms with van der Waals surface area (Å²) < 4.78 is 0. The molecule has 3 heterocycles. The molecule has 1 amide bonds. The van der Waals surface area contributed by atoms with Crippen LogP contribution in [0.2, 0.25) is 0 Å². The zero-order chi connectivity index (χ0) is 15.3. The molecule has 1 unspecified atom stereocenters. The number of hydrogen-bond donors (Lipinski definition) is 2. The molecule has 0 radical (unpaired) electrons. The van der Waals surface area contributed by atoms with Gasteiger partial charge in [-0.05, 0) is 0 Å². The molecule has 3 rings (SSSR count). The molecule has 2 aliphatic heterocycles. The lowest BCUT2D eigenvalue weighted by Crippen LogP contribution is -2.68. The molecule has 112 valence electrons. The summed E-state index contributed by atoms with van der Waals surface area (Å²) >= 11 is 2.75. The number of fused-ring (bicyclic) bond motifs is 1. The van der Waals surface area contributed by atoms with Crippen molar-refractivity contribution < 1.29 is 14.7 Å². The molecule has 1 aromatic heterocycles. The largest absolute Gasteiger partial charge is 0.477 e. The molecule has 0 spiro atoms. The summed E-state index contributed by atoms with van der Waals surface area (Å²) in [6, 6.07) is -0.627. The number of aromatic nitrogens is 2. The van der Waals surface area contributed by atoms with Crippen LogP contribution in [0, 0.1) is 0 Å². The van der Waals surface area contributed by atoms with Crippen LogP contribution in [-0.4, -0.2) is 63.3 Å². The summed E-state index contributed by atoms with van der Waals surface area (Å²) in [4.78, 5) is 26.5. The van der Waals surface area contributed by atoms with Gasteiger partial charge in [0, 0.05) is 25.4 Å². The highest BCUT2D eigenvalue weighted by Gasteiger charge is 2.52. The number of carboxylic acids is 1. The van der Waals surface area contributed by atoms with Crippen molar-refractivity contribution in [2.75, 3.05) is 24.7 Å². The van der Waals surface area contributed by atoms with Crippen molar-refractivity contribution >= 4 is 45.7 Å². The van der Waals surface area contributed by atoms with Gasteiger partial charge in [0.05, 0.1) is 0 Å². The maximum Gasteiger partial charge on any atom is 0.353 e. The van der Waals surface area contributed by atoms with E-state index in [1.165, 1.54) is 28.0 Å².